The molecule has 0 N–H and O–H groups in total. The number of hydrogen-bond donors (Lipinski definition) is 0. The summed E-state index contributed by atoms with van der Waals surface area (Å²) in [7, 11) is -0.892. The second-order valence-corrected chi connectivity index (χ2v) is 13.4. The maximum Gasteiger partial charge on any atom is 0.0345 e. The molecular formula is C36H30P2. The van der Waals surface area contributed by atoms with Gasteiger partial charge >= 0.3 is 0 Å². The summed E-state index contributed by atoms with van der Waals surface area (Å²) < 4.78 is 0. The van der Waals surface area contributed by atoms with E-state index in [0.29, 0.717) is 0 Å². The van der Waals surface area contributed by atoms with Gasteiger partial charge in [0.25, 0.3) is 0 Å². The summed E-state index contributed by atoms with van der Waals surface area (Å²) in [5.74, 6) is 0. The maximum absolute atomic E-state index is 3.30. The molecule has 0 saturated heterocycles. The first-order chi connectivity index (χ1) is 18.9. The molecule has 2 atom stereocenters. The summed E-state index contributed by atoms with van der Waals surface area (Å²) in [6.07, 6.45) is 30.3. The fourth-order valence-corrected chi connectivity index (χ4v) is 9.35. The predicted molar refractivity (Wildman–Crippen MR) is 167 cm³/mol. The number of benzene rings is 2. The van der Waals surface area contributed by atoms with E-state index >= 15 is 0 Å². The lowest BCUT2D eigenvalue weighted by molar-refractivity contribution is 1.02. The summed E-state index contributed by atoms with van der Waals surface area (Å²) in [6, 6.07) is 21.6. The minimum atomic E-state index is -0.446. The summed E-state index contributed by atoms with van der Waals surface area (Å²) >= 11 is 0. The van der Waals surface area contributed by atoms with Gasteiger partial charge in [-0.25, -0.2) is 0 Å². The Hall–Kier alpha value is -3.66. The third-order valence-electron chi connectivity index (χ3n) is 6.34. The molecule has 6 rings (SSSR count). The first kappa shape index (κ1) is 26.0. The molecule has 38 heavy (non-hydrogen) atoms. The Kier molecular flexibility index (Phi) is 9.40. The molecule has 0 radical (unpaired) electrons. The molecule has 0 heterocycles. The van der Waals surface area contributed by atoms with Crippen LogP contribution in [0.4, 0.5) is 0 Å². The van der Waals surface area contributed by atoms with Crippen molar-refractivity contribution in [3.63, 3.8) is 0 Å². The van der Waals surface area contributed by atoms with Crippen molar-refractivity contribution in [2.24, 2.45) is 0 Å². The molecule has 0 nitrogen and oxygen atoms in total. The molecule has 0 amide bonds. The Balaban J connectivity index is 0.000000155. The van der Waals surface area contributed by atoms with Crippen LogP contribution in [0.5, 0.6) is 0 Å². The Labute approximate surface area is 229 Å². The monoisotopic (exact) mass is 524 g/mol. The topological polar surface area (TPSA) is 0 Å². The van der Waals surface area contributed by atoms with Crippen LogP contribution in [-0.2, 0) is 0 Å². The molecule has 2 aromatic rings. The summed E-state index contributed by atoms with van der Waals surface area (Å²) in [5.41, 5.74) is 12.8. The van der Waals surface area contributed by atoms with Crippen LogP contribution >= 0.6 is 15.8 Å². The fraction of sp³-hybridized carbons (Fsp3) is 0.111. The Morgan fingerprint density at radius 1 is 0.526 bits per heavy atom. The first-order valence-corrected chi connectivity index (χ1v) is 15.8. The van der Waals surface area contributed by atoms with Crippen LogP contribution in [0.25, 0.3) is 0 Å². The van der Waals surface area contributed by atoms with Crippen LogP contribution < -0.4 is 10.6 Å². The molecule has 4 aliphatic rings. The van der Waals surface area contributed by atoms with Gasteiger partial charge in [-0.2, -0.15) is 0 Å². The van der Waals surface area contributed by atoms with E-state index in [1.54, 1.807) is 0 Å². The van der Waals surface area contributed by atoms with Gasteiger partial charge < -0.3 is 0 Å². The lowest BCUT2D eigenvalue weighted by Crippen LogP contribution is -2.04. The zero-order valence-corrected chi connectivity index (χ0v) is 23.2. The maximum atomic E-state index is 3.30. The van der Waals surface area contributed by atoms with Crippen molar-refractivity contribution in [3.05, 3.63) is 178 Å². The highest BCUT2D eigenvalue weighted by molar-refractivity contribution is 7.74. The normalized spacial score (nSPS) is 18.1. The molecule has 0 spiro atoms. The number of rotatable bonds is 6. The van der Waals surface area contributed by atoms with Crippen LogP contribution in [-0.4, -0.2) is 0 Å². The zero-order chi connectivity index (χ0) is 25.8. The predicted octanol–water partition coefficient (Wildman–Crippen LogP) is 9.58. The second kappa shape index (κ2) is 13.8. The van der Waals surface area contributed by atoms with Gasteiger partial charge in [-0.1, -0.05) is 132 Å². The van der Waals surface area contributed by atoms with Crippen molar-refractivity contribution in [3.8, 4) is 0 Å². The standard InChI is InChI=1S/2C18H15P/c2*1-4-10-16(11-5-1)19(17-12-6-2-7-13-17)18-14-8-3-9-15-18/h2*1-6,8,10-12,14H,7,13H2. The Morgan fingerprint density at radius 3 is 1.32 bits per heavy atom. The van der Waals surface area contributed by atoms with Crippen LogP contribution in [0.1, 0.15) is 25.7 Å². The van der Waals surface area contributed by atoms with E-state index < -0.39 is 15.8 Å². The molecule has 2 heteroatoms. The van der Waals surface area contributed by atoms with E-state index in [9.17, 15) is 0 Å². The second-order valence-electron chi connectivity index (χ2n) is 8.95. The highest BCUT2D eigenvalue weighted by Crippen LogP contribution is 2.55. The largest absolute Gasteiger partial charge is 0.0842 e. The van der Waals surface area contributed by atoms with Gasteiger partial charge in [0.2, 0.25) is 0 Å². The smallest absolute Gasteiger partial charge is 0.0345 e. The SMILES string of the molecule is C1=C=C(P(C2=CC=CCC2)c2ccccc2)C=CC=1.C1=C=C(P(C2=CC=CCC2)c2ccccc2)C=CC=1. The lowest BCUT2D eigenvalue weighted by Gasteiger charge is -2.22. The summed E-state index contributed by atoms with van der Waals surface area (Å²) in [6.45, 7) is 0. The van der Waals surface area contributed by atoms with Gasteiger partial charge in [0.05, 0.1) is 0 Å². The van der Waals surface area contributed by atoms with Gasteiger partial charge in [-0.05, 0) is 87.1 Å². The average molecular weight is 525 g/mol. The van der Waals surface area contributed by atoms with Gasteiger partial charge in [-0.15, -0.1) is 0 Å². The van der Waals surface area contributed by atoms with Crippen LogP contribution in [0.2, 0.25) is 0 Å². The van der Waals surface area contributed by atoms with Gasteiger partial charge in [0.15, 0.2) is 0 Å². The fourth-order valence-electron chi connectivity index (χ4n) is 4.58. The molecule has 0 aromatic heterocycles. The minimum Gasteiger partial charge on any atom is -0.0842 e. The summed E-state index contributed by atoms with van der Waals surface area (Å²) in [5, 5.41) is 8.39. The molecule has 4 aliphatic carbocycles. The van der Waals surface area contributed by atoms with Crippen LogP contribution in [0.3, 0.4) is 0 Å². The van der Waals surface area contributed by atoms with Gasteiger partial charge in [0, 0.05) is 10.6 Å². The molecule has 2 unspecified atom stereocenters. The van der Waals surface area contributed by atoms with E-state index in [-0.39, 0.29) is 0 Å². The molecule has 0 saturated carbocycles. The van der Waals surface area contributed by atoms with Crippen molar-refractivity contribution < 1.29 is 0 Å². The van der Waals surface area contributed by atoms with E-state index in [4.69, 9.17) is 0 Å². The number of allylic oxidation sites excluding steroid dienone is 16. The van der Waals surface area contributed by atoms with Crippen molar-refractivity contribution in [2.45, 2.75) is 25.7 Å². The summed E-state index contributed by atoms with van der Waals surface area (Å²) in [4.78, 5) is 0. The van der Waals surface area contributed by atoms with Crippen molar-refractivity contribution in [1.82, 2.24) is 0 Å². The highest BCUT2D eigenvalue weighted by atomic mass is 31.1. The van der Waals surface area contributed by atoms with Crippen molar-refractivity contribution in [1.29, 1.82) is 0 Å². The van der Waals surface area contributed by atoms with E-state index in [1.165, 1.54) is 31.9 Å². The van der Waals surface area contributed by atoms with Crippen molar-refractivity contribution >= 4 is 26.5 Å². The quantitative estimate of drug-likeness (QED) is 0.261. The van der Waals surface area contributed by atoms with Crippen LogP contribution in [0.15, 0.2) is 178 Å². The van der Waals surface area contributed by atoms with Crippen molar-refractivity contribution in [2.75, 3.05) is 0 Å². The minimum absolute atomic E-state index is 0.446. The molecule has 0 bridgehead atoms. The van der Waals surface area contributed by atoms with Crippen LogP contribution in [0, 0.1) is 0 Å². The van der Waals surface area contributed by atoms with E-state index in [1.807, 2.05) is 12.2 Å². The van der Waals surface area contributed by atoms with Gasteiger partial charge in [-0.3, -0.25) is 0 Å². The molecule has 0 aliphatic heterocycles. The zero-order valence-electron chi connectivity index (χ0n) is 21.4. The highest BCUT2D eigenvalue weighted by Gasteiger charge is 2.21. The van der Waals surface area contributed by atoms with E-state index in [2.05, 4.69) is 144 Å². The lowest BCUT2D eigenvalue weighted by atomic mass is 10.2. The third-order valence-corrected chi connectivity index (χ3v) is 11.3. The molecular weight excluding hydrogens is 494 g/mol. The third kappa shape index (κ3) is 6.80. The Morgan fingerprint density at radius 2 is 0.974 bits per heavy atom. The average Bonchev–Trinajstić information content (AvgIpc) is 3.01. The molecule has 2 aromatic carbocycles. The van der Waals surface area contributed by atoms with E-state index in [0.717, 1.165) is 25.7 Å². The number of hydrogen-bond acceptors (Lipinski definition) is 0. The molecule has 0 fully saturated rings. The first-order valence-electron chi connectivity index (χ1n) is 13.1. The van der Waals surface area contributed by atoms with Gasteiger partial charge in [0.1, 0.15) is 0 Å². The molecule has 184 valence electrons. The Bertz CT molecular complexity index is 1410.